The Balaban J connectivity index is 2.81. The van der Waals surface area contributed by atoms with Gasteiger partial charge < -0.3 is 4.74 Å². The van der Waals surface area contributed by atoms with Gasteiger partial charge in [0.25, 0.3) is 5.56 Å². The third-order valence-corrected chi connectivity index (χ3v) is 3.00. The number of aryl methyl sites for hydroxylation is 1. The van der Waals surface area contributed by atoms with Gasteiger partial charge in [-0.3, -0.25) is 13.9 Å². The van der Waals surface area contributed by atoms with E-state index in [-0.39, 0.29) is 13.2 Å². The lowest BCUT2D eigenvalue weighted by Crippen LogP contribution is -2.41. The molecule has 0 saturated heterocycles. The summed E-state index contributed by atoms with van der Waals surface area (Å²) in [5, 5.41) is 0. The first-order valence-electron chi connectivity index (χ1n) is 5.40. The van der Waals surface area contributed by atoms with E-state index >= 15 is 0 Å². The van der Waals surface area contributed by atoms with Gasteiger partial charge in [0.15, 0.2) is 0 Å². The molecule has 9 heteroatoms. The molecule has 0 N–H and O–H groups in total. The highest BCUT2D eigenvalue weighted by Crippen LogP contribution is 2.14. The first-order valence-corrected chi connectivity index (χ1v) is 6.48. The van der Waals surface area contributed by atoms with Gasteiger partial charge in [-0.2, -0.15) is 13.2 Å². The zero-order chi connectivity index (χ0) is 14.6. The van der Waals surface area contributed by atoms with E-state index in [9.17, 15) is 22.8 Å². The van der Waals surface area contributed by atoms with Crippen LogP contribution in [0.15, 0.2) is 15.8 Å². The van der Waals surface area contributed by atoms with Crippen molar-refractivity contribution in [1.29, 1.82) is 0 Å². The number of aromatic nitrogens is 2. The van der Waals surface area contributed by atoms with Gasteiger partial charge in [0.1, 0.15) is 6.61 Å². The number of alkyl halides is 3. The quantitative estimate of drug-likeness (QED) is 0.560. The summed E-state index contributed by atoms with van der Waals surface area (Å²) in [5.41, 5.74) is -1.07. The molecule has 0 unspecified atom stereocenters. The Bertz CT molecular complexity index is 550. The largest absolute Gasteiger partial charge is 0.411 e. The van der Waals surface area contributed by atoms with Crippen molar-refractivity contribution in [3.63, 3.8) is 0 Å². The highest BCUT2D eigenvalue weighted by atomic mass is 127. The maximum atomic E-state index is 11.9. The van der Waals surface area contributed by atoms with Crippen LogP contribution in [0.5, 0.6) is 0 Å². The Labute approximate surface area is 120 Å². The lowest BCUT2D eigenvalue weighted by molar-refractivity contribution is -0.174. The van der Waals surface area contributed by atoms with Crippen molar-refractivity contribution >= 4 is 22.6 Å². The minimum Gasteiger partial charge on any atom is -0.370 e. The van der Waals surface area contributed by atoms with E-state index in [1.54, 1.807) is 29.5 Å². The molecule has 0 aliphatic carbocycles. The van der Waals surface area contributed by atoms with Crippen LogP contribution in [0.1, 0.15) is 6.92 Å². The molecular formula is C10H12F3IN2O3. The number of ether oxygens (including phenoxy) is 1. The molecule has 1 heterocycles. The van der Waals surface area contributed by atoms with Crippen LogP contribution in [0.2, 0.25) is 0 Å². The minimum absolute atomic E-state index is 0.204. The maximum absolute atomic E-state index is 11.9. The summed E-state index contributed by atoms with van der Waals surface area (Å²) in [6, 6.07) is 0. The first-order chi connectivity index (χ1) is 8.76. The van der Waals surface area contributed by atoms with Gasteiger partial charge in [-0.25, -0.2) is 4.79 Å². The van der Waals surface area contributed by atoms with E-state index in [2.05, 4.69) is 4.74 Å². The van der Waals surface area contributed by atoms with Crippen molar-refractivity contribution in [3.05, 3.63) is 30.6 Å². The van der Waals surface area contributed by atoms with Gasteiger partial charge in [-0.1, -0.05) is 0 Å². The summed E-state index contributed by atoms with van der Waals surface area (Å²) < 4.78 is 42.5. The molecule has 1 rings (SSSR count). The number of nitrogens with zero attached hydrogens (tertiary/aromatic N) is 2. The zero-order valence-corrected chi connectivity index (χ0v) is 12.2. The van der Waals surface area contributed by atoms with Gasteiger partial charge in [0.2, 0.25) is 0 Å². The molecule has 0 atom stereocenters. The maximum Gasteiger partial charge on any atom is 0.411 e. The molecule has 0 bridgehead atoms. The van der Waals surface area contributed by atoms with E-state index < -0.39 is 24.0 Å². The van der Waals surface area contributed by atoms with Gasteiger partial charge in [-0.15, -0.1) is 0 Å². The number of halogens is 4. The third kappa shape index (κ3) is 4.64. The Morgan fingerprint density at radius 2 is 2.00 bits per heavy atom. The Kier molecular flexibility index (Phi) is 5.59. The lowest BCUT2D eigenvalue weighted by Gasteiger charge is -2.11. The molecule has 0 amide bonds. The molecule has 0 aliphatic heterocycles. The average molecular weight is 392 g/mol. The lowest BCUT2D eigenvalue weighted by atomic mass is 10.5. The van der Waals surface area contributed by atoms with Crippen LogP contribution >= 0.6 is 22.6 Å². The highest BCUT2D eigenvalue weighted by molar-refractivity contribution is 14.1. The van der Waals surface area contributed by atoms with Crippen LogP contribution in [0.3, 0.4) is 0 Å². The second kappa shape index (κ2) is 6.55. The molecule has 0 saturated carbocycles. The SMILES string of the molecule is CCn1cc(I)c(=O)n(CCOCC(F)(F)F)c1=O. The van der Waals surface area contributed by atoms with Crippen molar-refractivity contribution in [2.45, 2.75) is 26.2 Å². The van der Waals surface area contributed by atoms with Crippen LogP contribution in [0.4, 0.5) is 13.2 Å². The molecule has 0 spiro atoms. The van der Waals surface area contributed by atoms with Crippen molar-refractivity contribution in [1.82, 2.24) is 9.13 Å². The predicted molar refractivity (Wildman–Crippen MR) is 70.2 cm³/mol. The van der Waals surface area contributed by atoms with Crippen LogP contribution in [0.25, 0.3) is 0 Å². The van der Waals surface area contributed by atoms with Crippen molar-refractivity contribution in [3.8, 4) is 0 Å². The topological polar surface area (TPSA) is 53.2 Å². The van der Waals surface area contributed by atoms with Gasteiger partial charge in [-0.05, 0) is 29.5 Å². The Morgan fingerprint density at radius 1 is 1.37 bits per heavy atom. The highest BCUT2D eigenvalue weighted by Gasteiger charge is 2.27. The zero-order valence-electron chi connectivity index (χ0n) is 10.0. The molecule has 0 radical (unpaired) electrons. The third-order valence-electron chi connectivity index (χ3n) is 2.26. The molecule has 0 fully saturated rings. The average Bonchev–Trinajstić information content (AvgIpc) is 2.31. The van der Waals surface area contributed by atoms with Crippen molar-refractivity contribution in [2.24, 2.45) is 0 Å². The second-order valence-corrected chi connectivity index (χ2v) is 4.83. The predicted octanol–water partition coefficient (Wildman–Crippen LogP) is 1.21. The molecule has 0 aliphatic rings. The summed E-state index contributed by atoms with van der Waals surface area (Å²) in [4.78, 5) is 23.5. The summed E-state index contributed by atoms with van der Waals surface area (Å²) in [6.45, 7) is 0.154. The van der Waals surface area contributed by atoms with Gasteiger partial charge in [0, 0.05) is 12.7 Å². The van der Waals surface area contributed by atoms with E-state index in [4.69, 9.17) is 0 Å². The standard InChI is InChI=1S/C10H12F3IN2O3/c1-2-15-5-7(14)8(17)16(9(15)18)3-4-19-6-10(11,12)13/h5H,2-4,6H2,1H3. The molecule has 1 aromatic rings. The number of hydrogen-bond donors (Lipinski definition) is 0. The van der Waals surface area contributed by atoms with Crippen molar-refractivity contribution < 1.29 is 17.9 Å². The van der Waals surface area contributed by atoms with E-state index in [1.807, 2.05) is 0 Å². The van der Waals surface area contributed by atoms with Crippen LogP contribution in [-0.4, -0.2) is 28.5 Å². The fourth-order valence-corrected chi connectivity index (χ4v) is 2.01. The normalized spacial score (nSPS) is 11.8. The second-order valence-electron chi connectivity index (χ2n) is 3.67. The van der Waals surface area contributed by atoms with E-state index in [0.717, 1.165) is 4.57 Å². The Morgan fingerprint density at radius 3 is 2.53 bits per heavy atom. The van der Waals surface area contributed by atoms with Crippen LogP contribution in [-0.2, 0) is 17.8 Å². The molecule has 1 aromatic heterocycles. The van der Waals surface area contributed by atoms with Crippen molar-refractivity contribution in [2.75, 3.05) is 13.2 Å². The number of hydrogen-bond acceptors (Lipinski definition) is 3. The summed E-state index contributed by atoms with van der Waals surface area (Å²) in [7, 11) is 0. The fourth-order valence-electron chi connectivity index (χ4n) is 1.39. The van der Waals surface area contributed by atoms with Gasteiger partial charge >= 0.3 is 11.9 Å². The summed E-state index contributed by atoms with van der Waals surface area (Å²) >= 11 is 1.78. The molecule has 19 heavy (non-hydrogen) atoms. The molecule has 0 aromatic carbocycles. The monoisotopic (exact) mass is 392 g/mol. The fraction of sp³-hybridized carbons (Fsp3) is 0.600. The van der Waals surface area contributed by atoms with Crippen LogP contribution < -0.4 is 11.2 Å². The Hall–Kier alpha value is -0.840. The minimum atomic E-state index is -4.42. The molecule has 108 valence electrons. The molecule has 5 nitrogen and oxygen atoms in total. The first kappa shape index (κ1) is 16.2. The smallest absolute Gasteiger partial charge is 0.370 e. The summed E-state index contributed by atoms with van der Waals surface area (Å²) in [5.74, 6) is 0. The summed E-state index contributed by atoms with van der Waals surface area (Å²) in [6.07, 6.45) is -3.00. The van der Waals surface area contributed by atoms with E-state index in [1.165, 1.54) is 10.8 Å². The van der Waals surface area contributed by atoms with Crippen LogP contribution in [0, 0.1) is 3.57 Å². The van der Waals surface area contributed by atoms with E-state index in [0.29, 0.717) is 10.1 Å². The van der Waals surface area contributed by atoms with Gasteiger partial charge in [0.05, 0.1) is 16.7 Å². The number of rotatable bonds is 5. The molecular weight excluding hydrogens is 380 g/mol.